The molecule has 3 rings (SSSR count). The molecule has 0 bridgehead atoms. The van der Waals surface area contributed by atoms with Crippen molar-refractivity contribution in [2.45, 2.75) is 97.3 Å². The van der Waals surface area contributed by atoms with Crippen LogP contribution in [0, 0.1) is 0 Å². The van der Waals surface area contributed by atoms with Gasteiger partial charge in [-0.15, -0.1) is 0 Å². The van der Waals surface area contributed by atoms with Crippen molar-refractivity contribution < 1.29 is 4.52 Å². The first-order valence-corrected chi connectivity index (χ1v) is 18.4. The summed E-state index contributed by atoms with van der Waals surface area (Å²) in [7, 11) is 0. The fourth-order valence-corrected chi connectivity index (χ4v) is 10.4. The molecule has 0 saturated carbocycles. The van der Waals surface area contributed by atoms with Crippen LogP contribution in [0.25, 0.3) is 0 Å². The van der Waals surface area contributed by atoms with Gasteiger partial charge in [0.1, 0.15) is 0 Å². The van der Waals surface area contributed by atoms with E-state index >= 15 is 0 Å². The zero-order valence-corrected chi connectivity index (χ0v) is 26.0. The molecule has 0 spiro atoms. The van der Waals surface area contributed by atoms with E-state index < -0.39 is 6.18 Å². The van der Waals surface area contributed by atoms with Gasteiger partial charge in [-0.05, 0) is 0 Å². The second-order valence-electron chi connectivity index (χ2n) is 10.7. The molecule has 3 aromatic rings. The Morgan fingerprint density at radius 3 is 1.62 bits per heavy atom. The molecule has 0 aliphatic heterocycles. The van der Waals surface area contributed by atoms with Gasteiger partial charge in [-0.2, -0.15) is 0 Å². The van der Waals surface area contributed by atoms with E-state index in [4.69, 9.17) is 15.8 Å². The summed E-state index contributed by atoms with van der Waals surface area (Å²) in [6, 6.07) is 30.0. The number of aryl methyl sites for hydroxylation is 1. The van der Waals surface area contributed by atoms with Crippen molar-refractivity contribution in [2.24, 2.45) is 0 Å². The molecule has 0 heterocycles. The monoisotopic (exact) mass is 564 g/mol. The van der Waals surface area contributed by atoms with Gasteiger partial charge in [0.25, 0.3) is 0 Å². The van der Waals surface area contributed by atoms with Gasteiger partial charge < -0.3 is 0 Å². The van der Waals surface area contributed by atoms with Gasteiger partial charge in [0.15, 0.2) is 0 Å². The third-order valence-corrected chi connectivity index (χ3v) is 14.0. The number of hydrogen-bond acceptors (Lipinski definition) is 1. The van der Waals surface area contributed by atoms with E-state index in [1.807, 2.05) is 0 Å². The standard InChI is InChI=1S/C36H50ClOP/c1-3-5-7-9-10-11-12-13-17-23-33-28-30-36(31-29-33)39(37,34-24-18-15-19-25-34,35-26-20-16-21-27-35)38-32-22-14-8-6-4-2/h11-12,15-16,18-21,24-31H,3-10,13-14,17,22-23,32H2,1-2H3/b12-11+. The molecular weight excluding hydrogens is 515 g/mol. The van der Waals surface area contributed by atoms with E-state index in [9.17, 15) is 0 Å². The summed E-state index contributed by atoms with van der Waals surface area (Å²) in [4.78, 5) is 0. The number of unbranched alkanes of at least 4 members (excludes halogenated alkanes) is 9. The first-order chi connectivity index (χ1) is 19.1. The van der Waals surface area contributed by atoms with Crippen molar-refractivity contribution in [1.29, 1.82) is 0 Å². The summed E-state index contributed by atoms with van der Waals surface area (Å²) in [6.07, 6.45) is 17.0. The molecule has 39 heavy (non-hydrogen) atoms. The summed E-state index contributed by atoms with van der Waals surface area (Å²) >= 11 is 8.07. The normalized spacial score (nSPS) is 12.9. The van der Waals surface area contributed by atoms with E-state index in [1.165, 1.54) is 69.8 Å². The van der Waals surface area contributed by atoms with E-state index in [2.05, 4.69) is 111 Å². The van der Waals surface area contributed by atoms with E-state index in [1.54, 1.807) is 0 Å². The molecule has 1 nitrogen and oxygen atoms in total. The Morgan fingerprint density at radius 1 is 0.564 bits per heavy atom. The molecule has 212 valence electrons. The van der Waals surface area contributed by atoms with Crippen LogP contribution in [0.5, 0.6) is 0 Å². The van der Waals surface area contributed by atoms with Gasteiger partial charge >= 0.3 is 225 Å². The predicted octanol–water partition coefficient (Wildman–Crippen LogP) is 10.4. The summed E-state index contributed by atoms with van der Waals surface area (Å²) in [5.41, 5.74) is 1.36. The molecule has 3 aromatic carbocycles. The number of hydrogen-bond donors (Lipinski definition) is 0. The molecule has 0 atom stereocenters. The average Bonchev–Trinajstić information content (AvgIpc) is 2.99. The number of benzene rings is 3. The number of rotatable bonds is 19. The average molecular weight is 565 g/mol. The Balaban J connectivity index is 1.80. The number of halogens is 1. The Morgan fingerprint density at radius 2 is 1.05 bits per heavy atom. The van der Waals surface area contributed by atoms with Gasteiger partial charge in [0.2, 0.25) is 0 Å². The van der Waals surface area contributed by atoms with Crippen LogP contribution in [0.1, 0.15) is 96.5 Å². The predicted molar refractivity (Wildman–Crippen MR) is 177 cm³/mol. The van der Waals surface area contributed by atoms with Crippen LogP contribution in [0.3, 0.4) is 0 Å². The first kappa shape index (κ1) is 31.6. The van der Waals surface area contributed by atoms with Crippen molar-refractivity contribution in [3.8, 4) is 0 Å². The van der Waals surface area contributed by atoms with Crippen LogP contribution >= 0.6 is 17.4 Å². The molecule has 0 unspecified atom stereocenters. The minimum atomic E-state index is -3.63. The summed E-state index contributed by atoms with van der Waals surface area (Å²) in [6.45, 7) is 5.17. The van der Waals surface area contributed by atoms with Gasteiger partial charge in [-0.25, -0.2) is 0 Å². The second-order valence-corrected chi connectivity index (χ2v) is 16.3. The SMILES string of the molecule is CCCCCC/C=C/CCCc1ccc(P(Cl)(OCCCCCCC)(c2ccccc2)c2ccccc2)cc1. The molecule has 0 aliphatic rings. The van der Waals surface area contributed by atoms with Crippen molar-refractivity contribution in [3.63, 3.8) is 0 Å². The number of allylic oxidation sites excluding steroid dienone is 2. The van der Waals surface area contributed by atoms with Gasteiger partial charge in [0.05, 0.1) is 0 Å². The summed E-state index contributed by atoms with van der Waals surface area (Å²) < 4.78 is 7.04. The van der Waals surface area contributed by atoms with E-state index in [0.717, 1.165) is 35.2 Å². The van der Waals surface area contributed by atoms with Crippen LogP contribution in [0.2, 0.25) is 0 Å². The summed E-state index contributed by atoms with van der Waals surface area (Å²) in [5, 5.41) is 3.23. The Labute approximate surface area is 243 Å². The Kier molecular flexibility index (Phi) is 13.8. The maximum atomic E-state index is 8.07. The summed E-state index contributed by atoms with van der Waals surface area (Å²) in [5.74, 6) is 0. The maximum absolute atomic E-state index is 8.07. The molecule has 0 radical (unpaired) electrons. The molecule has 0 fully saturated rings. The van der Waals surface area contributed by atoms with Crippen LogP contribution in [-0.4, -0.2) is 6.61 Å². The van der Waals surface area contributed by atoms with Crippen molar-refractivity contribution in [3.05, 3.63) is 103 Å². The fraction of sp³-hybridized carbons (Fsp3) is 0.444. The van der Waals surface area contributed by atoms with Crippen molar-refractivity contribution in [2.75, 3.05) is 6.61 Å². The fourth-order valence-electron chi connectivity index (χ4n) is 5.28. The molecular formula is C36H50ClOP. The van der Waals surface area contributed by atoms with Crippen LogP contribution in [0.15, 0.2) is 97.1 Å². The zero-order valence-electron chi connectivity index (χ0n) is 24.4. The topological polar surface area (TPSA) is 9.23 Å². The molecule has 0 saturated heterocycles. The quantitative estimate of drug-likeness (QED) is 0.0799. The third kappa shape index (κ3) is 8.78. The van der Waals surface area contributed by atoms with Crippen LogP contribution in [-0.2, 0) is 10.9 Å². The minimum absolute atomic E-state index is 0.654. The molecule has 0 aliphatic carbocycles. The molecule has 0 N–H and O–H groups in total. The van der Waals surface area contributed by atoms with E-state index in [-0.39, 0.29) is 0 Å². The second kappa shape index (κ2) is 17.0. The van der Waals surface area contributed by atoms with Crippen LogP contribution < -0.4 is 15.9 Å². The zero-order chi connectivity index (χ0) is 27.7. The van der Waals surface area contributed by atoms with Gasteiger partial charge in [-0.3, -0.25) is 0 Å². The van der Waals surface area contributed by atoms with Crippen LogP contribution in [0.4, 0.5) is 0 Å². The molecule has 3 heteroatoms. The molecule has 0 amide bonds. The first-order valence-electron chi connectivity index (χ1n) is 15.4. The Bertz CT molecular complexity index is 1040. The third-order valence-electron chi connectivity index (χ3n) is 7.64. The van der Waals surface area contributed by atoms with Crippen molar-refractivity contribution in [1.82, 2.24) is 0 Å². The van der Waals surface area contributed by atoms with Gasteiger partial charge in [-0.1, -0.05) is 19.8 Å². The van der Waals surface area contributed by atoms with Crippen molar-refractivity contribution >= 4 is 33.3 Å². The van der Waals surface area contributed by atoms with Gasteiger partial charge in [0, 0.05) is 0 Å². The Hall–Kier alpha value is -1.92. The molecule has 0 aromatic heterocycles. The van der Waals surface area contributed by atoms with E-state index in [0.29, 0.717) is 6.61 Å².